The first-order valence-electron chi connectivity index (χ1n) is 9.42. The van der Waals surface area contributed by atoms with Crippen LogP contribution in [0.25, 0.3) is 0 Å². The lowest BCUT2D eigenvalue weighted by Crippen LogP contribution is -2.74. The van der Waals surface area contributed by atoms with Gasteiger partial charge in [-0.15, -0.1) is 0 Å². The molecule has 6 rings (SSSR count). The number of pyridine rings is 1. The second-order valence-electron chi connectivity index (χ2n) is 7.31. The Hall–Kier alpha value is -3.81. The fourth-order valence-corrected chi connectivity index (χ4v) is 4.46. The zero-order valence-corrected chi connectivity index (χ0v) is 16.0. The number of aryl methyl sites for hydroxylation is 2. The lowest BCUT2D eigenvalue weighted by atomic mass is 9.37. The average Bonchev–Trinajstić information content (AvgIpc) is 2.74. The number of fused-ring (bicyclic) bond motifs is 4. The first-order valence-corrected chi connectivity index (χ1v) is 9.42. The van der Waals surface area contributed by atoms with E-state index in [1.165, 1.54) is 0 Å². The molecule has 0 N–H and O–H groups in total. The second-order valence-corrected chi connectivity index (χ2v) is 7.31. The fraction of sp³-hybridized carbons (Fsp3) is 0.0952. The maximum absolute atomic E-state index is 6.25. The maximum atomic E-state index is 6.25. The van der Waals surface area contributed by atoms with E-state index in [9.17, 15) is 0 Å². The van der Waals surface area contributed by atoms with Crippen molar-refractivity contribution >= 4 is 40.4 Å². The van der Waals surface area contributed by atoms with Gasteiger partial charge in [0.25, 0.3) is 12.7 Å². The standard InChI is InChI=1S/C21H17BN6O/c1-26-12-24-9-16-20(26)22-19-15(28(16)14-6-4-3-5-7-14)8-23-10-17(19)29-18-11-25-13-27(2)21(18)22/h3-13H,1-2H3/q+2. The van der Waals surface area contributed by atoms with Crippen LogP contribution in [0.1, 0.15) is 0 Å². The van der Waals surface area contributed by atoms with E-state index in [1.807, 2.05) is 61.9 Å². The zero-order valence-electron chi connectivity index (χ0n) is 16.0. The number of rotatable bonds is 1. The number of para-hydroxylation sites is 1. The van der Waals surface area contributed by atoms with Gasteiger partial charge in [-0.1, -0.05) is 28.2 Å². The molecule has 1 aromatic carbocycles. The molecule has 29 heavy (non-hydrogen) atoms. The van der Waals surface area contributed by atoms with Crippen LogP contribution < -0.4 is 35.4 Å². The normalized spacial score (nSPS) is 13.3. The smallest absolute Gasteiger partial charge is 0.356 e. The summed E-state index contributed by atoms with van der Waals surface area (Å²) >= 11 is 0. The van der Waals surface area contributed by atoms with Gasteiger partial charge in [0.05, 0.1) is 32.2 Å². The van der Waals surface area contributed by atoms with E-state index in [4.69, 9.17) is 4.74 Å². The number of ether oxygens (including phenoxy) is 1. The molecular weight excluding hydrogens is 363 g/mol. The summed E-state index contributed by atoms with van der Waals surface area (Å²) < 4.78 is 10.4. The van der Waals surface area contributed by atoms with Crippen LogP contribution in [0, 0.1) is 0 Å². The van der Waals surface area contributed by atoms with Gasteiger partial charge in [-0.2, -0.15) is 0 Å². The molecule has 0 aliphatic carbocycles. The van der Waals surface area contributed by atoms with Crippen LogP contribution in [0.4, 0.5) is 17.1 Å². The van der Waals surface area contributed by atoms with Gasteiger partial charge in [-0.25, -0.2) is 9.13 Å². The van der Waals surface area contributed by atoms with Crippen LogP contribution in [0.2, 0.25) is 0 Å². The summed E-state index contributed by atoms with van der Waals surface area (Å²) in [5.74, 6) is 1.51. The summed E-state index contributed by atoms with van der Waals surface area (Å²) in [6, 6.07) is 10.3. The highest BCUT2D eigenvalue weighted by Gasteiger charge is 2.49. The molecule has 8 heteroatoms. The monoisotopic (exact) mass is 380 g/mol. The maximum Gasteiger partial charge on any atom is 0.356 e. The van der Waals surface area contributed by atoms with Gasteiger partial charge in [0.15, 0.2) is 12.4 Å². The van der Waals surface area contributed by atoms with Crippen LogP contribution in [0.5, 0.6) is 11.5 Å². The highest BCUT2D eigenvalue weighted by atomic mass is 16.5. The van der Waals surface area contributed by atoms with Gasteiger partial charge < -0.3 is 9.64 Å². The number of hydrogen-bond donors (Lipinski definition) is 0. The Morgan fingerprint density at radius 1 is 0.793 bits per heavy atom. The van der Waals surface area contributed by atoms with E-state index in [2.05, 4.69) is 36.6 Å². The van der Waals surface area contributed by atoms with Crippen molar-refractivity contribution in [3.63, 3.8) is 0 Å². The Balaban J connectivity index is 1.74. The van der Waals surface area contributed by atoms with Crippen molar-refractivity contribution < 1.29 is 13.9 Å². The average molecular weight is 380 g/mol. The SMILES string of the molecule is C[n+]1cncc2c1B1c3c(cncc3N(c3ccccc3)c3cnc[n+](C)c31)O2. The fourth-order valence-electron chi connectivity index (χ4n) is 4.46. The third-order valence-electron chi connectivity index (χ3n) is 5.62. The molecule has 2 aliphatic rings. The Bertz CT molecular complexity index is 1260. The Morgan fingerprint density at radius 2 is 1.48 bits per heavy atom. The van der Waals surface area contributed by atoms with E-state index in [0.717, 1.165) is 45.2 Å². The van der Waals surface area contributed by atoms with Gasteiger partial charge in [0.1, 0.15) is 22.6 Å². The largest absolute Gasteiger partial charge is 0.449 e. The first-order chi connectivity index (χ1) is 14.2. The van der Waals surface area contributed by atoms with Crippen LogP contribution in [-0.2, 0) is 14.1 Å². The molecule has 0 bridgehead atoms. The molecule has 138 valence electrons. The topological polar surface area (TPSA) is 58.9 Å². The van der Waals surface area contributed by atoms with E-state index >= 15 is 0 Å². The summed E-state index contributed by atoms with van der Waals surface area (Å²) in [7, 11) is 4.04. The first kappa shape index (κ1) is 16.2. The molecule has 0 atom stereocenters. The Morgan fingerprint density at radius 3 is 2.31 bits per heavy atom. The molecule has 0 radical (unpaired) electrons. The summed E-state index contributed by atoms with van der Waals surface area (Å²) in [5, 5.41) is 0. The molecule has 3 aromatic heterocycles. The van der Waals surface area contributed by atoms with Crippen LogP contribution >= 0.6 is 0 Å². The lowest BCUT2D eigenvalue weighted by molar-refractivity contribution is -0.661. The molecule has 0 saturated heterocycles. The number of benzene rings is 1. The quantitative estimate of drug-likeness (QED) is 0.295. The van der Waals surface area contributed by atoms with Crippen molar-refractivity contribution in [3.8, 4) is 11.5 Å². The van der Waals surface area contributed by atoms with Crippen molar-refractivity contribution in [1.29, 1.82) is 0 Å². The van der Waals surface area contributed by atoms with Crippen molar-refractivity contribution in [2.45, 2.75) is 0 Å². The Labute approximate surface area is 168 Å². The minimum absolute atomic E-state index is 0.0114. The Kier molecular flexibility index (Phi) is 3.26. The molecule has 0 spiro atoms. The van der Waals surface area contributed by atoms with Crippen LogP contribution in [-0.4, -0.2) is 21.7 Å². The molecule has 0 saturated carbocycles. The van der Waals surface area contributed by atoms with Crippen molar-refractivity contribution in [1.82, 2.24) is 15.0 Å². The van der Waals surface area contributed by atoms with E-state index in [-0.39, 0.29) is 6.71 Å². The van der Waals surface area contributed by atoms with Gasteiger partial charge >= 0.3 is 6.71 Å². The van der Waals surface area contributed by atoms with Gasteiger partial charge in [0.2, 0.25) is 5.75 Å². The van der Waals surface area contributed by atoms with Crippen LogP contribution in [0.15, 0.2) is 67.8 Å². The molecule has 0 amide bonds. The number of nitrogens with zero attached hydrogens (tertiary/aromatic N) is 6. The predicted molar refractivity (Wildman–Crippen MR) is 108 cm³/mol. The van der Waals surface area contributed by atoms with E-state index in [1.54, 1.807) is 12.4 Å². The van der Waals surface area contributed by atoms with E-state index in [0.29, 0.717) is 0 Å². The third kappa shape index (κ3) is 2.17. The zero-order chi connectivity index (χ0) is 19.5. The molecule has 0 fully saturated rings. The predicted octanol–water partition coefficient (Wildman–Crippen LogP) is -0.0743. The van der Waals surface area contributed by atoms with Crippen molar-refractivity contribution in [2.75, 3.05) is 4.90 Å². The van der Waals surface area contributed by atoms with Crippen molar-refractivity contribution in [3.05, 3.63) is 67.8 Å². The molecule has 0 unspecified atom stereocenters. The number of aromatic nitrogens is 5. The van der Waals surface area contributed by atoms with E-state index < -0.39 is 0 Å². The number of hydrogen-bond acceptors (Lipinski definition) is 5. The van der Waals surface area contributed by atoms with Gasteiger partial charge in [0, 0.05) is 11.2 Å². The van der Waals surface area contributed by atoms with Gasteiger partial charge in [-0.3, -0.25) is 4.98 Å². The van der Waals surface area contributed by atoms with Crippen LogP contribution in [0.3, 0.4) is 0 Å². The summed E-state index contributed by atoms with van der Waals surface area (Å²) in [6.07, 6.45) is 11.1. The number of anilines is 3. The molecule has 5 heterocycles. The molecule has 2 aliphatic heterocycles. The lowest BCUT2D eigenvalue weighted by Gasteiger charge is -2.36. The summed E-state index contributed by atoms with van der Waals surface area (Å²) in [6.45, 7) is -0.0114. The molecule has 4 aromatic rings. The summed E-state index contributed by atoms with van der Waals surface area (Å²) in [5.41, 5.74) is 6.41. The second kappa shape index (κ2) is 5.84. The minimum Gasteiger partial charge on any atom is -0.449 e. The highest BCUT2D eigenvalue weighted by molar-refractivity contribution is 6.97. The summed E-state index contributed by atoms with van der Waals surface area (Å²) in [4.78, 5) is 15.5. The van der Waals surface area contributed by atoms with Crippen molar-refractivity contribution in [2.24, 2.45) is 14.1 Å². The molecule has 7 nitrogen and oxygen atoms in total. The highest BCUT2D eigenvalue weighted by Crippen LogP contribution is 2.38. The van der Waals surface area contributed by atoms with Gasteiger partial charge in [-0.05, 0) is 12.1 Å². The molecular formula is C21H17BN6O+2. The minimum atomic E-state index is -0.0114. The third-order valence-corrected chi connectivity index (χ3v) is 5.62.